The summed E-state index contributed by atoms with van der Waals surface area (Å²) in [6.45, 7) is 8.97. The highest BCUT2D eigenvalue weighted by Crippen LogP contribution is 2.36. The number of anilines is 1. The highest BCUT2D eigenvalue weighted by molar-refractivity contribution is 6.09. The smallest absolute Gasteiger partial charge is 0.256 e. The Hall–Kier alpha value is -3.30. The maximum atomic E-state index is 13.9. The molecule has 0 bridgehead atoms. The number of benzene rings is 1. The zero-order valence-corrected chi connectivity index (χ0v) is 23.4. The molecular formula is C29H40N4O5. The van der Waals surface area contributed by atoms with Gasteiger partial charge in [-0.1, -0.05) is 6.92 Å². The molecule has 38 heavy (non-hydrogen) atoms. The first-order chi connectivity index (χ1) is 18.3. The first kappa shape index (κ1) is 27.7. The molecule has 1 aromatic carbocycles. The molecule has 1 aliphatic rings. The number of amides is 1. The summed E-state index contributed by atoms with van der Waals surface area (Å²) >= 11 is 0. The van der Waals surface area contributed by atoms with E-state index < -0.39 is 0 Å². The monoisotopic (exact) mass is 524 g/mol. The van der Waals surface area contributed by atoms with Crippen LogP contribution in [0.15, 0.2) is 27.4 Å². The third kappa shape index (κ3) is 5.73. The summed E-state index contributed by atoms with van der Waals surface area (Å²) in [5.41, 5.74) is 4.10. The van der Waals surface area contributed by atoms with E-state index in [2.05, 4.69) is 35.1 Å². The van der Waals surface area contributed by atoms with Gasteiger partial charge in [-0.3, -0.25) is 9.59 Å². The Labute approximate surface area is 224 Å². The number of ether oxygens (including phenoxy) is 2. The lowest BCUT2D eigenvalue weighted by Gasteiger charge is -2.37. The van der Waals surface area contributed by atoms with E-state index in [1.54, 1.807) is 13.0 Å². The maximum absolute atomic E-state index is 13.9. The van der Waals surface area contributed by atoms with Crippen molar-refractivity contribution in [1.82, 2.24) is 15.2 Å². The normalized spacial score (nSPS) is 14.3. The van der Waals surface area contributed by atoms with E-state index >= 15 is 0 Å². The average Bonchev–Trinajstić information content (AvgIpc) is 3.28. The van der Waals surface area contributed by atoms with Crippen LogP contribution in [-0.4, -0.2) is 62.8 Å². The van der Waals surface area contributed by atoms with Crippen LogP contribution >= 0.6 is 0 Å². The second-order valence-corrected chi connectivity index (χ2v) is 10.1. The van der Waals surface area contributed by atoms with E-state index in [9.17, 15) is 9.59 Å². The summed E-state index contributed by atoms with van der Waals surface area (Å²) in [6, 6.07) is 6.16. The third-order valence-corrected chi connectivity index (χ3v) is 7.17. The Bertz CT molecular complexity index is 1340. The zero-order valence-electron chi connectivity index (χ0n) is 23.4. The first-order valence-corrected chi connectivity index (χ1v) is 13.4. The van der Waals surface area contributed by atoms with Gasteiger partial charge in [0.05, 0.1) is 31.3 Å². The van der Waals surface area contributed by atoms with Gasteiger partial charge in [0.25, 0.3) is 11.5 Å². The molecule has 1 amide bonds. The lowest BCUT2D eigenvalue weighted by molar-refractivity contribution is 0.0845. The number of methoxy groups -OCH3 is 1. The van der Waals surface area contributed by atoms with E-state index in [0.29, 0.717) is 47.2 Å². The number of aromatic nitrogens is 1. The van der Waals surface area contributed by atoms with Crippen molar-refractivity contribution >= 4 is 22.6 Å². The van der Waals surface area contributed by atoms with Crippen molar-refractivity contribution in [3.63, 3.8) is 0 Å². The number of carbonyl (C=O) groups is 1. The van der Waals surface area contributed by atoms with Crippen molar-refractivity contribution in [3.05, 3.63) is 56.7 Å². The fraction of sp³-hybridized carbons (Fsp3) is 0.517. The molecular weight excluding hydrogens is 484 g/mol. The Morgan fingerprint density at radius 2 is 1.89 bits per heavy atom. The van der Waals surface area contributed by atoms with E-state index in [-0.39, 0.29) is 18.0 Å². The second kappa shape index (κ2) is 12.0. The van der Waals surface area contributed by atoms with Gasteiger partial charge in [0.15, 0.2) is 0 Å². The van der Waals surface area contributed by atoms with Gasteiger partial charge >= 0.3 is 0 Å². The van der Waals surface area contributed by atoms with Crippen LogP contribution in [0.2, 0.25) is 0 Å². The first-order valence-electron chi connectivity index (χ1n) is 13.4. The predicted molar refractivity (Wildman–Crippen MR) is 149 cm³/mol. The Kier molecular flexibility index (Phi) is 8.79. The Morgan fingerprint density at radius 3 is 2.53 bits per heavy atom. The molecule has 3 aromatic rings. The van der Waals surface area contributed by atoms with E-state index in [0.717, 1.165) is 55.0 Å². The number of nitrogens with zero attached hydrogens (tertiary/aromatic N) is 2. The van der Waals surface area contributed by atoms with Crippen LogP contribution in [-0.2, 0) is 24.2 Å². The molecule has 1 aliphatic heterocycles. The molecule has 2 N–H and O–H groups in total. The number of rotatable bonds is 10. The number of aromatic amines is 1. The maximum Gasteiger partial charge on any atom is 0.256 e. The number of nitrogens with one attached hydrogen (secondary N) is 2. The molecule has 9 nitrogen and oxygen atoms in total. The fourth-order valence-corrected chi connectivity index (χ4v) is 5.44. The standard InChI is InChI=1S/C29H40N4O5/c1-7-21-24(33(8-2)19-9-11-37-12-10-19)15-26-22(14-20(38-26)17-32(4)5)27(21)29(35)30-16-23-25(36-6)13-18(3)31-28(23)34/h13-15,19H,7-12,16-17H2,1-6H3,(H,30,35)(H,31,34). The van der Waals surface area contributed by atoms with Crippen molar-refractivity contribution in [2.45, 2.75) is 59.2 Å². The number of fused-ring (bicyclic) bond motifs is 1. The van der Waals surface area contributed by atoms with Crippen LogP contribution in [0.25, 0.3) is 11.0 Å². The van der Waals surface area contributed by atoms with Gasteiger partial charge < -0.3 is 34.0 Å². The summed E-state index contributed by atoms with van der Waals surface area (Å²) in [7, 11) is 5.50. The molecule has 2 aromatic heterocycles. The van der Waals surface area contributed by atoms with Gasteiger partial charge in [-0.25, -0.2) is 0 Å². The van der Waals surface area contributed by atoms with Gasteiger partial charge in [0.2, 0.25) is 0 Å². The predicted octanol–water partition coefficient (Wildman–Crippen LogP) is 4.00. The van der Waals surface area contributed by atoms with Crippen LogP contribution in [0.5, 0.6) is 5.75 Å². The van der Waals surface area contributed by atoms with Gasteiger partial charge in [0, 0.05) is 48.6 Å². The fourth-order valence-electron chi connectivity index (χ4n) is 5.44. The van der Waals surface area contributed by atoms with Crippen molar-refractivity contribution < 1.29 is 18.7 Å². The molecule has 0 spiro atoms. The minimum atomic E-state index is -0.273. The summed E-state index contributed by atoms with van der Waals surface area (Å²) < 4.78 is 17.3. The van der Waals surface area contributed by atoms with Crippen LogP contribution in [0.1, 0.15) is 59.6 Å². The molecule has 0 radical (unpaired) electrons. The van der Waals surface area contributed by atoms with Gasteiger partial charge in [-0.05, 0) is 64.9 Å². The molecule has 0 unspecified atom stereocenters. The topological polar surface area (TPSA) is 100 Å². The van der Waals surface area contributed by atoms with Crippen LogP contribution in [0, 0.1) is 6.92 Å². The quantitative estimate of drug-likeness (QED) is 0.414. The molecule has 3 heterocycles. The minimum Gasteiger partial charge on any atom is -0.496 e. The number of carbonyl (C=O) groups excluding carboxylic acids is 1. The molecule has 4 rings (SSSR count). The second-order valence-electron chi connectivity index (χ2n) is 10.1. The minimum absolute atomic E-state index is 0.0480. The number of furan rings is 1. The average molecular weight is 525 g/mol. The summed E-state index contributed by atoms with van der Waals surface area (Å²) in [4.78, 5) is 33.8. The highest BCUT2D eigenvalue weighted by Gasteiger charge is 2.28. The number of H-pyrrole nitrogens is 1. The number of aryl methyl sites for hydroxylation is 1. The van der Waals surface area contributed by atoms with Crippen molar-refractivity contribution in [1.29, 1.82) is 0 Å². The van der Waals surface area contributed by atoms with Crippen molar-refractivity contribution in [2.75, 3.05) is 45.9 Å². The lowest BCUT2D eigenvalue weighted by Crippen LogP contribution is -2.40. The van der Waals surface area contributed by atoms with Crippen LogP contribution < -0.4 is 20.5 Å². The Balaban J connectivity index is 1.80. The molecule has 9 heteroatoms. The summed E-state index contributed by atoms with van der Waals surface area (Å²) in [6.07, 6.45) is 2.56. The van der Waals surface area contributed by atoms with E-state index in [1.807, 2.05) is 25.1 Å². The molecule has 0 saturated carbocycles. The number of hydrogen-bond acceptors (Lipinski definition) is 7. The largest absolute Gasteiger partial charge is 0.496 e. The molecule has 1 fully saturated rings. The SMILES string of the molecule is CCc1c(N(CC)C2CCOCC2)cc2oc(CN(C)C)cc2c1C(=O)NCc1c(OC)cc(C)[nH]c1=O. The molecule has 0 atom stereocenters. The number of pyridine rings is 1. The molecule has 206 valence electrons. The van der Waals surface area contributed by atoms with Gasteiger partial charge in [-0.2, -0.15) is 0 Å². The number of hydrogen-bond donors (Lipinski definition) is 2. The lowest BCUT2D eigenvalue weighted by atomic mass is 9.95. The third-order valence-electron chi connectivity index (χ3n) is 7.17. The van der Waals surface area contributed by atoms with Gasteiger partial charge in [0.1, 0.15) is 17.1 Å². The molecule has 1 saturated heterocycles. The van der Waals surface area contributed by atoms with Crippen molar-refractivity contribution in [2.24, 2.45) is 0 Å². The van der Waals surface area contributed by atoms with E-state index in [4.69, 9.17) is 13.9 Å². The molecule has 0 aliphatic carbocycles. The highest BCUT2D eigenvalue weighted by atomic mass is 16.5. The van der Waals surface area contributed by atoms with E-state index in [1.165, 1.54) is 7.11 Å². The van der Waals surface area contributed by atoms with Crippen LogP contribution in [0.3, 0.4) is 0 Å². The van der Waals surface area contributed by atoms with Crippen LogP contribution in [0.4, 0.5) is 5.69 Å². The van der Waals surface area contributed by atoms with Gasteiger partial charge in [-0.15, -0.1) is 0 Å². The Morgan fingerprint density at radius 1 is 1.16 bits per heavy atom. The van der Waals surface area contributed by atoms with Crippen molar-refractivity contribution in [3.8, 4) is 5.75 Å². The summed E-state index contributed by atoms with van der Waals surface area (Å²) in [5, 5.41) is 3.79. The summed E-state index contributed by atoms with van der Waals surface area (Å²) in [5.74, 6) is 1.01. The zero-order chi connectivity index (χ0) is 27.4.